The zero-order valence-corrected chi connectivity index (χ0v) is 11.4. The number of sulfonamides is 1. The minimum Gasteiger partial charge on any atom is -0.481 e. The first-order chi connectivity index (χ1) is 9.47. The van der Waals surface area contributed by atoms with Gasteiger partial charge in [-0.3, -0.25) is 9.52 Å². The Kier molecular flexibility index (Phi) is 4.09. The molecule has 0 aliphatic rings. The van der Waals surface area contributed by atoms with Crippen molar-refractivity contribution in [1.82, 2.24) is 4.98 Å². The fraction of sp³-hybridized carbons (Fsp3) is 0.154. The van der Waals surface area contributed by atoms with E-state index in [1.54, 1.807) is 24.3 Å². The molecule has 0 spiro atoms. The molecule has 0 bridgehead atoms. The van der Waals surface area contributed by atoms with Crippen LogP contribution in [0.15, 0.2) is 47.6 Å². The second kappa shape index (κ2) is 5.79. The zero-order chi connectivity index (χ0) is 14.6. The van der Waals surface area contributed by atoms with Gasteiger partial charge in [-0.25, -0.2) is 8.42 Å². The highest BCUT2D eigenvalue weighted by molar-refractivity contribution is 7.92. The Balaban J connectivity index is 2.06. The number of carbonyl (C=O) groups is 1. The van der Waals surface area contributed by atoms with Gasteiger partial charge < -0.3 is 10.1 Å². The predicted molar refractivity (Wildman–Crippen MR) is 74.0 cm³/mol. The fourth-order valence-corrected chi connectivity index (χ4v) is 2.72. The number of carboxylic acids is 1. The lowest BCUT2D eigenvalue weighted by atomic mass is 10.1. The van der Waals surface area contributed by atoms with Crippen LogP contribution in [0.1, 0.15) is 12.0 Å². The molecular formula is C13H14N2O4S. The Labute approximate surface area is 116 Å². The van der Waals surface area contributed by atoms with E-state index in [1.807, 2.05) is 0 Å². The van der Waals surface area contributed by atoms with Crippen LogP contribution in [-0.4, -0.2) is 24.5 Å². The fourth-order valence-electron chi connectivity index (χ4n) is 1.68. The van der Waals surface area contributed by atoms with Gasteiger partial charge in [0.1, 0.15) is 4.90 Å². The van der Waals surface area contributed by atoms with E-state index < -0.39 is 16.0 Å². The topological polar surface area (TPSA) is 99.3 Å². The molecule has 1 aromatic carbocycles. The Morgan fingerprint density at radius 2 is 1.90 bits per heavy atom. The van der Waals surface area contributed by atoms with Crippen LogP contribution in [0.5, 0.6) is 0 Å². The van der Waals surface area contributed by atoms with Crippen LogP contribution in [0.4, 0.5) is 5.69 Å². The maximum atomic E-state index is 12.0. The van der Waals surface area contributed by atoms with Crippen LogP contribution >= 0.6 is 0 Å². The number of rotatable bonds is 6. The van der Waals surface area contributed by atoms with Gasteiger partial charge in [-0.15, -0.1) is 0 Å². The highest BCUT2D eigenvalue weighted by Crippen LogP contribution is 2.16. The number of anilines is 1. The van der Waals surface area contributed by atoms with Crippen LogP contribution in [0.25, 0.3) is 0 Å². The second-order valence-corrected chi connectivity index (χ2v) is 5.93. The smallest absolute Gasteiger partial charge is 0.303 e. The van der Waals surface area contributed by atoms with Gasteiger partial charge in [0.25, 0.3) is 10.0 Å². The Bertz CT molecular complexity index is 676. The average Bonchev–Trinajstić information content (AvgIpc) is 2.92. The number of aromatic nitrogens is 1. The van der Waals surface area contributed by atoms with Gasteiger partial charge in [0.2, 0.25) is 0 Å². The van der Waals surface area contributed by atoms with E-state index in [9.17, 15) is 13.2 Å². The number of aryl methyl sites for hydroxylation is 1. The van der Waals surface area contributed by atoms with E-state index >= 15 is 0 Å². The minimum absolute atomic E-state index is 0.0500. The maximum absolute atomic E-state index is 12.0. The van der Waals surface area contributed by atoms with Crippen LogP contribution in [0, 0.1) is 0 Å². The molecule has 0 saturated heterocycles. The van der Waals surface area contributed by atoms with Crippen LogP contribution < -0.4 is 4.72 Å². The Hall–Kier alpha value is -2.28. The first-order valence-electron chi connectivity index (χ1n) is 5.94. The minimum atomic E-state index is -3.58. The van der Waals surface area contributed by atoms with Crippen molar-refractivity contribution in [3.8, 4) is 0 Å². The molecular weight excluding hydrogens is 280 g/mol. The molecule has 20 heavy (non-hydrogen) atoms. The van der Waals surface area contributed by atoms with Gasteiger partial charge in [0, 0.05) is 24.5 Å². The monoisotopic (exact) mass is 294 g/mol. The molecule has 0 amide bonds. The van der Waals surface area contributed by atoms with E-state index in [0.29, 0.717) is 12.1 Å². The number of hydrogen-bond donors (Lipinski definition) is 3. The molecule has 0 aliphatic heterocycles. The van der Waals surface area contributed by atoms with Crippen molar-refractivity contribution in [3.63, 3.8) is 0 Å². The van der Waals surface area contributed by atoms with E-state index in [4.69, 9.17) is 5.11 Å². The van der Waals surface area contributed by atoms with E-state index in [0.717, 1.165) is 5.56 Å². The standard InChI is InChI=1S/C13H14N2O4S/c16-13(17)6-3-10-1-4-11(5-2-10)15-20(18,19)12-7-8-14-9-12/h1-2,4-5,7-9,14-15H,3,6H2,(H,16,17). The van der Waals surface area contributed by atoms with Crippen molar-refractivity contribution in [1.29, 1.82) is 0 Å². The maximum Gasteiger partial charge on any atom is 0.303 e. The Morgan fingerprint density at radius 3 is 2.45 bits per heavy atom. The third-order valence-corrected chi connectivity index (χ3v) is 4.09. The van der Waals surface area contributed by atoms with Crippen molar-refractivity contribution in [3.05, 3.63) is 48.3 Å². The number of nitrogens with one attached hydrogen (secondary N) is 2. The van der Waals surface area contributed by atoms with Crippen molar-refractivity contribution < 1.29 is 18.3 Å². The summed E-state index contributed by atoms with van der Waals surface area (Å²) < 4.78 is 26.4. The number of benzene rings is 1. The van der Waals surface area contributed by atoms with E-state index in [2.05, 4.69) is 9.71 Å². The van der Waals surface area contributed by atoms with Crippen LogP contribution in [-0.2, 0) is 21.2 Å². The van der Waals surface area contributed by atoms with Gasteiger partial charge >= 0.3 is 5.97 Å². The predicted octanol–water partition coefficient (Wildman–Crippen LogP) is 1.83. The summed E-state index contributed by atoms with van der Waals surface area (Å²) in [7, 11) is -3.58. The van der Waals surface area contributed by atoms with Crippen molar-refractivity contribution in [2.45, 2.75) is 17.7 Å². The lowest BCUT2D eigenvalue weighted by Crippen LogP contribution is -2.12. The van der Waals surface area contributed by atoms with Crippen molar-refractivity contribution in [2.75, 3.05) is 4.72 Å². The summed E-state index contributed by atoms with van der Waals surface area (Å²) in [6.07, 6.45) is 3.39. The van der Waals surface area contributed by atoms with Crippen LogP contribution in [0.2, 0.25) is 0 Å². The van der Waals surface area contributed by atoms with Crippen molar-refractivity contribution >= 4 is 21.7 Å². The molecule has 0 unspecified atom stereocenters. The number of hydrogen-bond acceptors (Lipinski definition) is 3. The lowest BCUT2D eigenvalue weighted by Gasteiger charge is -2.07. The second-order valence-electron chi connectivity index (χ2n) is 4.24. The zero-order valence-electron chi connectivity index (χ0n) is 10.5. The third kappa shape index (κ3) is 3.61. The normalized spacial score (nSPS) is 11.2. The Morgan fingerprint density at radius 1 is 1.20 bits per heavy atom. The molecule has 3 N–H and O–H groups in total. The first-order valence-corrected chi connectivity index (χ1v) is 7.42. The molecule has 6 nitrogen and oxygen atoms in total. The highest BCUT2D eigenvalue weighted by atomic mass is 32.2. The summed E-state index contributed by atoms with van der Waals surface area (Å²) in [6.45, 7) is 0. The first kappa shape index (κ1) is 14.1. The van der Waals surface area contributed by atoms with E-state index in [-0.39, 0.29) is 11.3 Å². The molecule has 0 fully saturated rings. The molecule has 2 aromatic rings. The highest BCUT2D eigenvalue weighted by Gasteiger charge is 2.14. The molecule has 0 saturated carbocycles. The molecule has 0 atom stereocenters. The summed E-state index contributed by atoms with van der Waals surface area (Å²) in [6, 6.07) is 8.10. The summed E-state index contributed by atoms with van der Waals surface area (Å²) in [4.78, 5) is 13.3. The number of aliphatic carboxylic acids is 1. The molecule has 2 rings (SSSR count). The van der Waals surface area contributed by atoms with Gasteiger partial charge in [-0.05, 0) is 30.2 Å². The molecule has 0 aliphatic carbocycles. The van der Waals surface area contributed by atoms with Crippen molar-refractivity contribution in [2.24, 2.45) is 0 Å². The lowest BCUT2D eigenvalue weighted by molar-refractivity contribution is -0.136. The van der Waals surface area contributed by atoms with Gasteiger partial charge in [-0.1, -0.05) is 12.1 Å². The summed E-state index contributed by atoms with van der Waals surface area (Å²) in [5.74, 6) is -0.859. The number of H-pyrrole nitrogens is 1. The molecule has 7 heteroatoms. The molecule has 1 heterocycles. The van der Waals surface area contributed by atoms with Gasteiger partial charge in [0.05, 0.1) is 0 Å². The number of aromatic amines is 1. The number of carboxylic acid groups (broad SMARTS) is 1. The molecule has 1 aromatic heterocycles. The quantitative estimate of drug-likeness (QED) is 0.756. The molecule has 106 valence electrons. The SMILES string of the molecule is O=C(O)CCc1ccc(NS(=O)(=O)c2cc[nH]c2)cc1. The summed E-state index contributed by atoms with van der Waals surface area (Å²) in [5, 5.41) is 8.59. The van der Waals surface area contributed by atoms with Gasteiger partial charge in [-0.2, -0.15) is 0 Å². The summed E-state index contributed by atoms with van der Waals surface area (Å²) >= 11 is 0. The molecule has 0 radical (unpaired) electrons. The summed E-state index contributed by atoms with van der Waals surface area (Å²) in [5.41, 5.74) is 1.28. The van der Waals surface area contributed by atoms with Gasteiger partial charge in [0.15, 0.2) is 0 Å². The largest absolute Gasteiger partial charge is 0.481 e. The average molecular weight is 294 g/mol. The van der Waals surface area contributed by atoms with Crippen LogP contribution in [0.3, 0.4) is 0 Å². The third-order valence-electron chi connectivity index (χ3n) is 2.71. The van der Waals surface area contributed by atoms with E-state index in [1.165, 1.54) is 18.5 Å².